The first-order chi connectivity index (χ1) is 9.76. The van der Waals surface area contributed by atoms with E-state index in [-0.39, 0.29) is 0 Å². The summed E-state index contributed by atoms with van der Waals surface area (Å²) in [5, 5.41) is 0.954. The van der Waals surface area contributed by atoms with Crippen LogP contribution in [-0.2, 0) is 0 Å². The summed E-state index contributed by atoms with van der Waals surface area (Å²) in [5.74, 6) is 1.60. The first-order valence-corrected chi connectivity index (χ1v) is 7.45. The Morgan fingerprint density at radius 2 is 1.85 bits per heavy atom. The van der Waals surface area contributed by atoms with Gasteiger partial charge in [-0.25, -0.2) is 0 Å². The summed E-state index contributed by atoms with van der Waals surface area (Å²) < 4.78 is 5.94. The van der Waals surface area contributed by atoms with Gasteiger partial charge in [0.15, 0.2) is 0 Å². The van der Waals surface area contributed by atoms with Crippen molar-refractivity contribution in [2.75, 3.05) is 12.0 Å². The molecule has 0 unspecified atom stereocenters. The van der Waals surface area contributed by atoms with Gasteiger partial charge in [0, 0.05) is 22.2 Å². The molecule has 1 heterocycles. The molecule has 4 heteroatoms. The molecule has 0 amide bonds. The fraction of sp³-hybridized carbons (Fsp3) is 0.0625. The number of benzene rings is 2. The first-order valence-electron chi connectivity index (χ1n) is 6.22. The van der Waals surface area contributed by atoms with Gasteiger partial charge in [-0.15, -0.1) is 11.8 Å². The molecule has 0 aliphatic heterocycles. The van der Waals surface area contributed by atoms with E-state index in [1.807, 2.05) is 48.5 Å². The van der Waals surface area contributed by atoms with Gasteiger partial charge in [-0.3, -0.25) is 4.98 Å². The van der Waals surface area contributed by atoms with Crippen molar-refractivity contribution in [1.82, 2.24) is 4.98 Å². The molecule has 0 saturated carbocycles. The van der Waals surface area contributed by atoms with Crippen molar-refractivity contribution in [3.63, 3.8) is 0 Å². The smallest absolute Gasteiger partial charge is 0.138 e. The van der Waals surface area contributed by atoms with Crippen molar-refractivity contribution in [2.24, 2.45) is 0 Å². The van der Waals surface area contributed by atoms with E-state index < -0.39 is 0 Å². The van der Waals surface area contributed by atoms with Gasteiger partial charge < -0.3 is 10.5 Å². The third-order valence-electron chi connectivity index (χ3n) is 3.01. The predicted octanol–water partition coefficient (Wildman–Crippen LogP) is 4.33. The summed E-state index contributed by atoms with van der Waals surface area (Å²) in [4.78, 5) is 5.52. The number of hydrogen-bond donors (Lipinski definition) is 1. The third kappa shape index (κ3) is 2.56. The van der Waals surface area contributed by atoms with Gasteiger partial charge in [-0.2, -0.15) is 0 Å². The summed E-state index contributed by atoms with van der Waals surface area (Å²) in [6, 6.07) is 15.5. The van der Waals surface area contributed by atoms with Crippen molar-refractivity contribution in [3.8, 4) is 11.5 Å². The lowest BCUT2D eigenvalue weighted by molar-refractivity contribution is 0.487. The number of nitrogens with two attached hydrogens (primary N) is 1. The summed E-state index contributed by atoms with van der Waals surface area (Å²) >= 11 is 1.71. The molecule has 2 N–H and O–H groups in total. The molecule has 0 atom stereocenters. The number of ether oxygens (including phenoxy) is 1. The zero-order chi connectivity index (χ0) is 13.9. The standard InChI is InChI=1S/C16H14N2OS/c1-20-13-5-3-12(4-6-13)19-16-8-9-18-15-10-11(17)2-7-14(15)16/h2-10H,17H2,1H3. The van der Waals surface area contributed by atoms with Crippen molar-refractivity contribution < 1.29 is 4.74 Å². The fourth-order valence-electron chi connectivity index (χ4n) is 2.00. The minimum atomic E-state index is 0.700. The van der Waals surface area contributed by atoms with Crippen LogP contribution in [0.15, 0.2) is 59.6 Å². The fourth-order valence-corrected chi connectivity index (χ4v) is 2.41. The van der Waals surface area contributed by atoms with Crippen LogP contribution in [-0.4, -0.2) is 11.2 Å². The second-order valence-corrected chi connectivity index (χ2v) is 5.24. The summed E-state index contributed by atoms with van der Waals surface area (Å²) in [6.45, 7) is 0. The van der Waals surface area contributed by atoms with E-state index >= 15 is 0 Å². The number of fused-ring (bicyclic) bond motifs is 1. The Bertz CT molecular complexity index is 741. The highest BCUT2D eigenvalue weighted by atomic mass is 32.2. The molecule has 3 aromatic rings. The molecule has 0 spiro atoms. The van der Waals surface area contributed by atoms with Crippen LogP contribution in [0.3, 0.4) is 0 Å². The van der Waals surface area contributed by atoms with E-state index in [0.29, 0.717) is 5.69 Å². The highest BCUT2D eigenvalue weighted by Gasteiger charge is 2.05. The molecule has 0 radical (unpaired) electrons. The number of nitrogens with zero attached hydrogens (tertiary/aromatic N) is 1. The Kier molecular flexibility index (Phi) is 3.48. The molecule has 0 saturated heterocycles. The summed E-state index contributed by atoms with van der Waals surface area (Å²) in [6.07, 6.45) is 3.78. The maximum Gasteiger partial charge on any atom is 0.138 e. The van der Waals surface area contributed by atoms with E-state index in [9.17, 15) is 0 Å². The molecular weight excluding hydrogens is 268 g/mol. The van der Waals surface area contributed by atoms with Crippen LogP contribution >= 0.6 is 11.8 Å². The summed E-state index contributed by atoms with van der Waals surface area (Å²) in [5.41, 5.74) is 7.31. The minimum absolute atomic E-state index is 0.700. The molecule has 20 heavy (non-hydrogen) atoms. The molecular formula is C16H14N2OS. The molecule has 3 rings (SSSR count). The number of anilines is 1. The number of aromatic nitrogens is 1. The Morgan fingerprint density at radius 3 is 2.60 bits per heavy atom. The Balaban J connectivity index is 1.97. The number of pyridine rings is 1. The van der Waals surface area contributed by atoms with Crippen molar-refractivity contribution in [3.05, 3.63) is 54.7 Å². The number of hydrogen-bond acceptors (Lipinski definition) is 4. The quantitative estimate of drug-likeness (QED) is 0.573. The third-order valence-corrected chi connectivity index (χ3v) is 3.76. The average Bonchev–Trinajstić information content (AvgIpc) is 2.48. The molecule has 2 aromatic carbocycles. The van der Waals surface area contributed by atoms with E-state index in [1.165, 1.54) is 4.90 Å². The average molecular weight is 282 g/mol. The van der Waals surface area contributed by atoms with E-state index in [4.69, 9.17) is 10.5 Å². The predicted molar refractivity (Wildman–Crippen MR) is 84.5 cm³/mol. The molecule has 3 nitrogen and oxygen atoms in total. The van der Waals surface area contributed by atoms with Gasteiger partial charge in [0.25, 0.3) is 0 Å². The van der Waals surface area contributed by atoms with Crippen LogP contribution in [0.5, 0.6) is 11.5 Å². The normalized spacial score (nSPS) is 10.7. The maximum atomic E-state index is 5.94. The second-order valence-electron chi connectivity index (χ2n) is 4.36. The SMILES string of the molecule is CSc1ccc(Oc2ccnc3cc(N)ccc23)cc1. The number of thioether (sulfide) groups is 1. The van der Waals surface area contributed by atoms with Crippen LogP contribution < -0.4 is 10.5 Å². The zero-order valence-corrected chi connectivity index (χ0v) is 11.9. The minimum Gasteiger partial charge on any atom is -0.457 e. The summed E-state index contributed by atoms with van der Waals surface area (Å²) in [7, 11) is 0. The van der Waals surface area contributed by atoms with E-state index in [0.717, 1.165) is 22.4 Å². The van der Waals surface area contributed by atoms with Gasteiger partial charge in [0.05, 0.1) is 5.52 Å². The van der Waals surface area contributed by atoms with Gasteiger partial charge >= 0.3 is 0 Å². The van der Waals surface area contributed by atoms with E-state index in [1.54, 1.807) is 18.0 Å². The lowest BCUT2D eigenvalue weighted by Gasteiger charge is -2.09. The highest BCUT2D eigenvalue weighted by molar-refractivity contribution is 7.98. The molecule has 100 valence electrons. The Hall–Kier alpha value is -2.20. The largest absolute Gasteiger partial charge is 0.457 e. The molecule has 1 aromatic heterocycles. The number of nitrogen functional groups attached to an aromatic ring is 1. The van der Waals surface area contributed by atoms with Gasteiger partial charge in [-0.05, 0) is 54.8 Å². The monoisotopic (exact) mass is 282 g/mol. The molecule has 0 fully saturated rings. The van der Waals surface area contributed by atoms with Crippen LogP contribution in [0.2, 0.25) is 0 Å². The van der Waals surface area contributed by atoms with Crippen LogP contribution in [0.4, 0.5) is 5.69 Å². The highest BCUT2D eigenvalue weighted by Crippen LogP contribution is 2.30. The maximum absolute atomic E-state index is 5.94. The van der Waals surface area contributed by atoms with Crippen LogP contribution in [0, 0.1) is 0 Å². The lowest BCUT2D eigenvalue weighted by Crippen LogP contribution is -1.89. The van der Waals surface area contributed by atoms with Crippen LogP contribution in [0.25, 0.3) is 10.9 Å². The molecule has 0 bridgehead atoms. The lowest BCUT2D eigenvalue weighted by atomic mass is 10.2. The first kappa shape index (κ1) is 12.8. The molecule has 0 aliphatic carbocycles. The van der Waals surface area contributed by atoms with Gasteiger partial charge in [0.2, 0.25) is 0 Å². The number of rotatable bonds is 3. The Labute approximate surface area is 121 Å². The van der Waals surface area contributed by atoms with Gasteiger partial charge in [-0.1, -0.05) is 0 Å². The van der Waals surface area contributed by atoms with Crippen LogP contribution in [0.1, 0.15) is 0 Å². The van der Waals surface area contributed by atoms with Gasteiger partial charge in [0.1, 0.15) is 11.5 Å². The van der Waals surface area contributed by atoms with Crippen molar-refractivity contribution in [1.29, 1.82) is 0 Å². The molecule has 0 aliphatic rings. The second kappa shape index (κ2) is 5.43. The zero-order valence-electron chi connectivity index (χ0n) is 11.0. The van der Waals surface area contributed by atoms with E-state index in [2.05, 4.69) is 11.2 Å². The van der Waals surface area contributed by atoms with Crippen molar-refractivity contribution >= 4 is 28.4 Å². The Morgan fingerprint density at radius 1 is 1.05 bits per heavy atom. The topological polar surface area (TPSA) is 48.1 Å². The van der Waals surface area contributed by atoms with Crippen molar-refractivity contribution in [2.45, 2.75) is 4.90 Å².